The molecule has 3 N–H and O–H groups in total. The van der Waals surface area contributed by atoms with Crippen molar-refractivity contribution in [1.29, 1.82) is 0 Å². The monoisotopic (exact) mass is 360 g/mol. The lowest BCUT2D eigenvalue weighted by Crippen LogP contribution is -2.32. The van der Waals surface area contributed by atoms with E-state index in [1.54, 1.807) is 31.2 Å². The van der Waals surface area contributed by atoms with Gasteiger partial charge < -0.3 is 24.9 Å². The summed E-state index contributed by atoms with van der Waals surface area (Å²) in [6.45, 7) is 3.86. The van der Waals surface area contributed by atoms with E-state index in [1.165, 1.54) is 0 Å². The molecule has 0 saturated heterocycles. The molecular weight excluding hydrogens is 340 g/mol. The fourth-order valence-corrected chi connectivity index (χ4v) is 2.24. The van der Waals surface area contributed by atoms with Gasteiger partial charge in [-0.2, -0.15) is 0 Å². The van der Waals surface area contributed by atoms with Crippen molar-refractivity contribution < 1.29 is 28.6 Å². The first-order valence-electron chi connectivity index (χ1n) is 8.11. The van der Waals surface area contributed by atoms with Gasteiger partial charge in [-0.3, -0.25) is 9.59 Å². The molecule has 2 amide bonds. The molecule has 1 heterocycles. The Morgan fingerprint density at radius 1 is 1.15 bits per heavy atom. The summed E-state index contributed by atoms with van der Waals surface area (Å²) in [5, 5.41) is 14.1. The van der Waals surface area contributed by atoms with E-state index in [-0.39, 0.29) is 23.6 Å². The number of anilines is 1. The van der Waals surface area contributed by atoms with E-state index in [0.29, 0.717) is 24.5 Å². The maximum Gasteiger partial charge on any atom is 0.339 e. The van der Waals surface area contributed by atoms with Gasteiger partial charge in [0.05, 0.1) is 13.2 Å². The van der Waals surface area contributed by atoms with Crippen LogP contribution in [-0.4, -0.2) is 36.0 Å². The van der Waals surface area contributed by atoms with E-state index in [2.05, 4.69) is 10.6 Å². The summed E-state index contributed by atoms with van der Waals surface area (Å²) in [6, 6.07) is 7.97. The highest BCUT2D eigenvalue weighted by molar-refractivity contribution is 5.99. The van der Waals surface area contributed by atoms with Gasteiger partial charge in [-0.1, -0.05) is 6.92 Å². The number of furan rings is 1. The second-order valence-electron chi connectivity index (χ2n) is 5.29. The lowest BCUT2D eigenvalue weighted by Gasteiger charge is -2.07. The number of hydrogen-bond acceptors (Lipinski definition) is 5. The highest BCUT2D eigenvalue weighted by atomic mass is 16.5. The molecule has 2 rings (SSSR count). The smallest absolute Gasteiger partial charge is 0.339 e. The summed E-state index contributed by atoms with van der Waals surface area (Å²) in [5.74, 6) is -1.50. The number of benzene rings is 1. The number of ether oxygens (including phenoxy) is 1. The predicted octanol–water partition coefficient (Wildman–Crippen LogP) is 2.31. The van der Waals surface area contributed by atoms with Crippen molar-refractivity contribution in [1.82, 2.24) is 5.32 Å². The van der Waals surface area contributed by atoms with Crippen molar-refractivity contribution in [3.05, 3.63) is 47.4 Å². The minimum absolute atomic E-state index is 0.0588. The Labute approximate surface area is 150 Å². The molecule has 138 valence electrons. The molecule has 0 spiro atoms. The van der Waals surface area contributed by atoms with Crippen LogP contribution in [0.15, 0.2) is 34.7 Å². The molecule has 2 aromatic rings. The number of aryl methyl sites for hydroxylation is 1. The molecule has 1 aromatic carbocycles. The van der Waals surface area contributed by atoms with Crippen LogP contribution >= 0.6 is 0 Å². The van der Waals surface area contributed by atoms with Crippen LogP contribution in [0.5, 0.6) is 5.75 Å². The van der Waals surface area contributed by atoms with Gasteiger partial charge in [0, 0.05) is 18.2 Å². The van der Waals surface area contributed by atoms with Crippen LogP contribution in [0.3, 0.4) is 0 Å². The molecule has 8 heteroatoms. The minimum Gasteiger partial charge on any atom is -0.494 e. The maximum absolute atomic E-state index is 12.0. The van der Waals surface area contributed by atoms with Gasteiger partial charge in [-0.15, -0.1) is 0 Å². The second-order valence-corrected chi connectivity index (χ2v) is 5.29. The fraction of sp³-hybridized carbons (Fsp3) is 0.278. The van der Waals surface area contributed by atoms with Crippen LogP contribution in [0.25, 0.3) is 0 Å². The highest BCUT2D eigenvalue weighted by Gasteiger charge is 2.20. The third-order valence-corrected chi connectivity index (χ3v) is 3.44. The summed E-state index contributed by atoms with van der Waals surface area (Å²) < 4.78 is 10.5. The molecule has 0 fully saturated rings. The van der Waals surface area contributed by atoms with Crippen molar-refractivity contribution >= 4 is 23.5 Å². The first kappa shape index (κ1) is 19.0. The largest absolute Gasteiger partial charge is 0.494 e. The third kappa shape index (κ3) is 4.85. The molecule has 0 aliphatic heterocycles. The number of nitrogens with one attached hydrogen (secondary N) is 2. The maximum atomic E-state index is 12.0. The molecule has 0 atom stereocenters. The molecule has 0 aliphatic carbocycles. The van der Waals surface area contributed by atoms with Crippen molar-refractivity contribution in [2.75, 3.05) is 18.5 Å². The first-order chi connectivity index (χ1) is 12.4. The number of carboxylic acid groups (broad SMARTS) is 1. The zero-order valence-corrected chi connectivity index (χ0v) is 14.5. The number of hydrogen-bond donors (Lipinski definition) is 3. The topological polar surface area (TPSA) is 118 Å². The van der Waals surface area contributed by atoms with E-state index in [9.17, 15) is 14.4 Å². The lowest BCUT2D eigenvalue weighted by molar-refractivity contribution is -0.115. The Balaban J connectivity index is 1.90. The Morgan fingerprint density at radius 3 is 2.38 bits per heavy atom. The van der Waals surface area contributed by atoms with Gasteiger partial charge in [-0.05, 0) is 31.2 Å². The van der Waals surface area contributed by atoms with Crippen LogP contribution < -0.4 is 15.4 Å². The number of rotatable bonds is 8. The van der Waals surface area contributed by atoms with E-state index in [0.717, 1.165) is 6.07 Å². The summed E-state index contributed by atoms with van der Waals surface area (Å²) in [4.78, 5) is 35.0. The quantitative estimate of drug-likeness (QED) is 0.665. The normalized spacial score (nSPS) is 10.2. The molecule has 8 nitrogen and oxygen atoms in total. The Hall–Kier alpha value is -3.29. The van der Waals surface area contributed by atoms with Crippen LogP contribution in [0.1, 0.15) is 40.5 Å². The molecule has 0 unspecified atom stereocenters. The molecule has 1 aromatic heterocycles. The molecule has 26 heavy (non-hydrogen) atoms. The molecule has 0 aliphatic rings. The Bertz CT molecular complexity index is 795. The SMILES string of the molecule is CCOc1ccc(NC(=O)CNC(=O)c2cc(C(=O)O)c(CC)o2)cc1. The number of amides is 2. The molecular formula is C18H20N2O6. The predicted molar refractivity (Wildman–Crippen MR) is 93.6 cm³/mol. The van der Waals surface area contributed by atoms with Gasteiger partial charge in [0.25, 0.3) is 5.91 Å². The fourth-order valence-electron chi connectivity index (χ4n) is 2.24. The van der Waals surface area contributed by atoms with Gasteiger partial charge in [0.2, 0.25) is 5.91 Å². The van der Waals surface area contributed by atoms with Gasteiger partial charge in [-0.25, -0.2) is 4.79 Å². The average Bonchev–Trinajstić information content (AvgIpc) is 3.06. The van der Waals surface area contributed by atoms with Gasteiger partial charge in [0.1, 0.15) is 17.1 Å². The summed E-state index contributed by atoms with van der Waals surface area (Å²) in [7, 11) is 0. The summed E-state index contributed by atoms with van der Waals surface area (Å²) >= 11 is 0. The number of carboxylic acids is 1. The summed E-state index contributed by atoms with van der Waals surface area (Å²) in [6.07, 6.45) is 0.340. The van der Waals surface area contributed by atoms with Crippen molar-refractivity contribution in [3.8, 4) is 5.75 Å². The van der Waals surface area contributed by atoms with Gasteiger partial charge >= 0.3 is 5.97 Å². The average molecular weight is 360 g/mol. The highest BCUT2D eigenvalue weighted by Crippen LogP contribution is 2.17. The van der Waals surface area contributed by atoms with E-state index < -0.39 is 17.8 Å². The second kappa shape index (κ2) is 8.70. The first-order valence-corrected chi connectivity index (χ1v) is 8.11. The van der Waals surface area contributed by atoms with Crippen LogP contribution in [-0.2, 0) is 11.2 Å². The van der Waals surface area contributed by atoms with Crippen molar-refractivity contribution in [2.45, 2.75) is 20.3 Å². The van der Waals surface area contributed by atoms with Crippen molar-refractivity contribution in [2.24, 2.45) is 0 Å². The van der Waals surface area contributed by atoms with Crippen molar-refractivity contribution in [3.63, 3.8) is 0 Å². The number of carbonyl (C=O) groups is 3. The third-order valence-electron chi connectivity index (χ3n) is 3.44. The number of carbonyl (C=O) groups excluding carboxylic acids is 2. The van der Waals surface area contributed by atoms with E-state index >= 15 is 0 Å². The van der Waals surface area contributed by atoms with Crippen LogP contribution in [0.2, 0.25) is 0 Å². The Kier molecular flexibility index (Phi) is 6.37. The molecule has 0 bridgehead atoms. The van der Waals surface area contributed by atoms with E-state index in [1.807, 2.05) is 6.92 Å². The Morgan fingerprint density at radius 2 is 1.85 bits per heavy atom. The van der Waals surface area contributed by atoms with Crippen LogP contribution in [0, 0.1) is 0 Å². The lowest BCUT2D eigenvalue weighted by atomic mass is 10.2. The van der Waals surface area contributed by atoms with E-state index in [4.69, 9.17) is 14.3 Å². The molecule has 0 radical (unpaired) electrons. The molecule has 0 saturated carbocycles. The zero-order valence-electron chi connectivity index (χ0n) is 14.5. The van der Waals surface area contributed by atoms with Crippen LogP contribution in [0.4, 0.5) is 5.69 Å². The standard InChI is InChI=1S/C18H20N2O6/c1-3-14-13(18(23)24)9-15(26-14)17(22)19-10-16(21)20-11-5-7-12(8-6-11)25-4-2/h5-9H,3-4,10H2,1-2H3,(H,19,22)(H,20,21)(H,23,24). The van der Waals surface area contributed by atoms with Gasteiger partial charge in [0.15, 0.2) is 5.76 Å². The number of aromatic carboxylic acids is 1. The summed E-state index contributed by atoms with van der Waals surface area (Å²) in [5.41, 5.74) is 0.503. The minimum atomic E-state index is -1.17. The zero-order chi connectivity index (χ0) is 19.1.